The molecular weight excluding hydrogens is 852 g/mol. The zero-order chi connectivity index (χ0) is 47.4. The molecule has 0 amide bonds. The van der Waals surface area contributed by atoms with Gasteiger partial charge in [-0.25, -0.2) is 0 Å². The van der Waals surface area contributed by atoms with Crippen molar-refractivity contribution in [2.75, 3.05) is 26.4 Å². The molecule has 8 aliphatic rings. The summed E-state index contributed by atoms with van der Waals surface area (Å²) in [6.07, 6.45) is -12.5. The molecule has 23 atom stereocenters. The van der Waals surface area contributed by atoms with E-state index in [0.717, 1.165) is 38.5 Å². The van der Waals surface area contributed by atoms with E-state index in [-0.39, 0.29) is 52.6 Å². The van der Waals surface area contributed by atoms with E-state index >= 15 is 0 Å². The van der Waals surface area contributed by atoms with E-state index in [4.69, 9.17) is 28.4 Å². The van der Waals surface area contributed by atoms with Crippen molar-refractivity contribution in [2.45, 2.75) is 198 Å². The van der Waals surface area contributed by atoms with Gasteiger partial charge in [0, 0.05) is 5.41 Å². The van der Waals surface area contributed by atoms with Crippen LogP contribution in [0.1, 0.15) is 106 Å². The van der Waals surface area contributed by atoms with Crippen LogP contribution in [-0.2, 0) is 33.2 Å². The third-order valence-corrected chi connectivity index (χ3v) is 19.0. The molecule has 0 radical (unpaired) electrons. The second kappa shape index (κ2) is 17.8. The quantitative estimate of drug-likeness (QED) is 0.0808. The number of hydrogen-bond acceptors (Lipinski definition) is 18. The largest absolute Gasteiger partial charge is 0.432 e. The molecule has 3 saturated heterocycles. The number of esters is 1. The predicted molar refractivity (Wildman–Crippen MR) is 226 cm³/mol. The Bertz CT molecular complexity index is 1760. The van der Waals surface area contributed by atoms with E-state index in [1.807, 2.05) is 0 Å². The molecule has 65 heavy (non-hydrogen) atoms. The van der Waals surface area contributed by atoms with E-state index in [2.05, 4.69) is 47.6 Å². The van der Waals surface area contributed by atoms with Crippen LogP contribution in [0, 0.1) is 50.2 Å². The van der Waals surface area contributed by atoms with Crippen LogP contribution in [0.15, 0.2) is 11.6 Å². The Morgan fingerprint density at radius 3 is 2.00 bits per heavy atom. The van der Waals surface area contributed by atoms with Gasteiger partial charge in [0.2, 0.25) is 6.29 Å². The van der Waals surface area contributed by atoms with E-state index in [9.17, 15) is 61.0 Å². The summed E-state index contributed by atoms with van der Waals surface area (Å²) in [4.78, 5) is 14.9. The highest BCUT2D eigenvalue weighted by Crippen LogP contribution is 2.76. The van der Waals surface area contributed by atoms with E-state index in [1.165, 1.54) is 5.57 Å². The fourth-order valence-electron chi connectivity index (χ4n) is 14.7. The first-order valence-electron chi connectivity index (χ1n) is 23.9. The lowest BCUT2D eigenvalue weighted by atomic mass is 9.33. The third kappa shape index (κ3) is 7.89. The highest BCUT2D eigenvalue weighted by atomic mass is 16.7. The number of ether oxygens (including phenoxy) is 6. The second-order valence-corrected chi connectivity index (χ2v) is 22.9. The van der Waals surface area contributed by atoms with Crippen molar-refractivity contribution in [3.05, 3.63) is 11.6 Å². The van der Waals surface area contributed by atoms with Gasteiger partial charge >= 0.3 is 5.97 Å². The molecule has 18 heteroatoms. The number of allylic oxidation sites excluding steroid dienone is 2. The number of hydrogen-bond donors (Lipinski definition) is 11. The van der Waals surface area contributed by atoms with E-state index in [1.54, 1.807) is 0 Å². The summed E-state index contributed by atoms with van der Waals surface area (Å²) in [6.45, 7) is 12.1. The van der Waals surface area contributed by atoms with Crippen LogP contribution in [0.5, 0.6) is 0 Å². The van der Waals surface area contributed by atoms with Crippen LogP contribution >= 0.6 is 0 Å². The first-order chi connectivity index (χ1) is 30.4. The maximum absolute atomic E-state index is 14.9. The zero-order valence-corrected chi connectivity index (χ0v) is 38.6. The van der Waals surface area contributed by atoms with Crippen molar-refractivity contribution in [2.24, 2.45) is 50.2 Å². The van der Waals surface area contributed by atoms with E-state index < -0.39 is 122 Å². The van der Waals surface area contributed by atoms with Gasteiger partial charge < -0.3 is 84.6 Å². The van der Waals surface area contributed by atoms with Gasteiger partial charge in [-0.15, -0.1) is 0 Å². The molecule has 3 aliphatic heterocycles. The first-order valence-corrected chi connectivity index (χ1v) is 23.9. The summed E-state index contributed by atoms with van der Waals surface area (Å²) in [5, 5.41) is 116. The van der Waals surface area contributed by atoms with Gasteiger partial charge in [-0.3, -0.25) is 4.79 Å². The number of fused-ring (bicyclic) bond motifs is 7. The van der Waals surface area contributed by atoms with Crippen LogP contribution in [-0.4, -0.2) is 181 Å². The fraction of sp³-hybridized carbons (Fsp3) is 0.936. The molecule has 18 nitrogen and oxygen atoms in total. The maximum Gasteiger partial charge on any atom is 0.315 e. The molecule has 16 unspecified atom stereocenters. The summed E-state index contributed by atoms with van der Waals surface area (Å²) in [5.74, 6) is -0.485. The van der Waals surface area contributed by atoms with Crippen molar-refractivity contribution in [3.63, 3.8) is 0 Å². The van der Waals surface area contributed by atoms with Crippen LogP contribution in [0.25, 0.3) is 0 Å². The van der Waals surface area contributed by atoms with Crippen LogP contribution < -0.4 is 0 Å². The van der Waals surface area contributed by atoms with Crippen molar-refractivity contribution in [3.8, 4) is 0 Å². The average molecular weight is 929 g/mol. The molecule has 11 N–H and O–H groups in total. The molecule has 5 aliphatic carbocycles. The molecule has 0 bridgehead atoms. The minimum absolute atomic E-state index is 0.0557. The lowest BCUT2D eigenvalue weighted by Gasteiger charge is -2.71. The summed E-state index contributed by atoms with van der Waals surface area (Å²) < 4.78 is 35.2. The summed E-state index contributed by atoms with van der Waals surface area (Å²) >= 11 is 0. The van der Waals surface area contributed by atoms with Gasteiger partial charge in [-0.2, -0.15) is 0 Å². The average Bonchev–Trinajstić information content (AvgIpc) is 3.26. The maximum atomic E-state index is 14.9. The number of carbonyl (C=O) groups is 1. The zero-order valence-electron chi connectivity index (χ0n) is 38.6. The number of aliphatic hydroxyl groups is 11. The van der Waals surface area contributed by atoms with Crippen molar-refractivity contribution in [1.29, 1.82) is 0 Å². The van der Waals surface area contributed by atoms with Crippen molar-refractivity contribution < 1.29 is 89.4 Å². The van der Waals surface area contributed by atoms with Crippen LogP contribution in [0.2, 0.25) is 0 Å². The van der Waals surface area contributed by atoms with Crippen molar-refractivity contribution in [1.82, 2.24) is 0 Å². The molecule has 0 spiro atoms. The van der Waals surface area contributed by atoms with Gasteiger partial charge in [0.25, 0.3) is 0 Å². The van der Waals surface area contributed by atoms with Crippen molar-refractivity contribution >= 4 is 5.97 Å². The highest BCUT2D eigenvalue weighted by molar-refractivity contribution is 5.79. The lowest BCUT2D eigenvalue weighted by molar-refractivity contribution is -0.328. The Hall–Kier alpha value is -1.43. The molecule has 372 valence electrons. The van der Waals surface area contributed by atoms with E-state index in [0.29, 0.717) is 25.7 Å². The van der Waals surface area contributed by atoms with Gasteiger partial charge in [0.05, 0.1) is 37.9 Å². The lowest BCUT2D eigenvalue weighted by Crippen LogP contribution is -2.67. The molecule has 7 fully saturated rings. The standard InChI is InChI=1S/C47H76O18/c1-42(2)13-15-47(41(59)65-40-37(58)34(55)32(53)26(63-40)20-61-38-36(57)33(54)31(52)25(18-48)62-38)16-14-45(5)22(23(47)17-42)7-8-28-43(3)11-10-29(64-39-35(56)30(51)24(50)19-60-39)44(4,21-49)27(43)9-12-46(28,45)6/h7,23-40,48-58H,8-21H2,1-6H3/t23?,24-,25+,26?,27?,28?,29?,30?,31?,32+,33-,34?,35+,36?,37?,38?,39?,40?,43?,44-,45+,46?,47?/m0/s1. The minimum atomic E-state index is -1.81. The van der Waals surface area contributed by atoms with Crippen LogP contribution in [0.4, 0.5) is 0 Å². The molecular formula is C47H76O18. The topological polar surface area (TPSA) is 295 Å². The number of rotatable bonds is 9. The summed E-state index contributed by atoms with van der Waals surface area (Å²) in [6, 6.07) is 0. The number of aliphatic hydroxyl groups excluding tert-OH is 11. The summed E-state index contributed by atoms with van der Waals surface area (Å²) in [5.41, 5.74) is -1.23. The molecule has 4 saturated carbocycles. The Balaban J connectivity index is 1.02. The predicted octanol–water partition coefficient (Wildman–Crippen LogP) is -0.248. The molecule has 0 aromatic heterocycles. The second-order valence-electron chi connectivity index (χ2n) is 22.9. The van der Waals surface area contributed by atoms with Crippen LogP contribution in [0.3, 0.4) is 0 Å². The highest BCUT2D eigenvalue weighted by Gasteiger charge is 2.70. The molecule has 0 aromatic carbocycles. The Labute approximate surface area is 380 Å². The van der Waals surface area contributed by atoms with Gasteiger partial charge in [-0.05, 0) is 104 Å². The Morgan fingerprint density at radius 1 is 0.692 bits per heavy atom. The summed E-state index contributed by atoms with van der Waals surface area (Å²) in [7, 11) is 0. The van der Waals surface area contributed by atoms with Gasteiger partial charge in [0.15, 0.2) is 12.6 Å². The van der Waals surface area contributed by atoms with Gasteiger partial charge in [0.1, 0.15) is 67.1 Å². The Morgan fingerprint density at radius 2 is 1.32 bits per heavy atom. The molecule has 8 rings (SSSR count). The minimum Gasteiger partial charge on any atom is -0.432 e. The van der Waals surface area contributed by atoms with Gasteiger partial charge in [-0.1, -0.05) is 53.2 Å². The monoisotopic (exact) mass is 929 g/mol. The molecule has 0 aromatic rings. The third-order valence-electron chi connectivity index (χ3n) is 19.0. The molecule has 3 heterocycles. The first kappa shape index (κ1) is 50.0. The number of carbonyl (C=O) groups excluding carboxylic acids is 1. The normalized spacial score (nSPS) is 54.3. The Kier molecular flexibility index (Phi) is 13.7. The fourth-order valence-corrected chi connectivity index (χ4v) is 14.7. The SMILES string of the molecule is CC1(C)CCC2(C(=O)OC3OC(COC4O[C@H](CO)C(O)[C@H](O)C4O)[C@@H](O)C(O)C3O)CC[C@]3(C)C(=CCC4C5(C)CCC(OC6OC[C@H](O)C(O)[C@H]6O)[C@@](C)(CO)C5CCC43C)C2C1. The smallest absolute Gasteiger partial charge is 0.315 e.